The number of thiazole rings is 1. The van der Waals surface area contributed by atoms with E-state index in [-0.39, 0.29) is 30.5 Å². The predicted molar refractivity (Wildman–Crippen MR) is 121 cm³/mol. The van der Waals surface area contributed by atoms with E-state index in [1.165, 1.54) is 11.1 Å². The highest BCUT2D eigenvalue weighted by molar-refractivity contribution is 14.0. The van der Waals surface area contributed by atoms with E-state index in [2.05, 4.69) is 56.3 Å². The summed E-state index contributed by atoms with van der Waals surface area (Å²) >= 11 is 1.00. The molecule has 1 aromatic heterocycles. The molecule has 1 fully saturated rings. The predicted octanol–water partition coefficient (Wildman–Crippen LogP) is 3.98. The Morgan fingerprint density at radius 3 is 2.55 bits per heavy atom. The molecular formula is C19H25F3IN5S. The number of nitrogens with zero attached hydrogens (tertiary/aromatic N) is 4. The van der Waals surface area contributed by atoms with Gasteiger partial charge in [0.25, 0.3) is 0 Å². The van der Waals surface area contributed by atoms with Crippen LogP contribution in [0.5, 0.6) is 0 Å². The Morgan fingerprint density at radius 2 is 1.97 bits per heavy atom. The van der Waals surface area contributed by atoms with E-state index in [4.69, 9.17) is 0 Å². The Balaban J connectivity index is 0.00000300. The summed E-state index contributed by atoms with van der Waals surface area (Å²) in [5.74, 6) is 0.693. The van der Waals surface area contributed by atoms with Crippen molar-refractivity contribution in [3.63, 3.8) is 0 Å². The van der Waals surface area contributed by atoms with Crippen LogP contribution in [0.25, 0.3) is 0 Å². The largest absolute Gasteiger partial charge is 0.434 e. The number of guanidine groups is 1. The van der Waals surface area contributed by atoms with Crippen LogP contribution in [-0.2, 0) is 19.3 Å². The monoisotopic (exact) mass is 539 g/mol. The molecule has 10 heteroatoms. The van der Waals surface area contributed by atoms with Gasteiger partial charge in [-0.2, -0.15) is 13.2 Å². The molecule has 3 rings (SSSR count). The Kier molecular flexibility index (Phi) is 8.71. The van der Waals surface area contributed by atoms with Crippen molar-refractivity contribution in [1.29, 1.82) is 0 Å². The molecule has 160 valence electrons. The number of hydrogen-bond donors (Lipinski definition) is 1. The Labute approximate surface area is 190 Å². The molecule has 0 spiro atoms. The average Bonchev–Trinajstić information content (AvgIpc) is 3.13. The zero-order chi connectivity index (χ0) is 20.1. The summed E-state index contributed by atoms with van der Waals surface area (Å²) in [7, 11) is 1.68. The van der Waals surface area contributed by atoms with Gasteiger partial charge in [-0.1, -0.05) is 29.8 Å². The lowest BCUT2D eigenvalue weighted by atomic mass is 10.1. The minimum absolute atomic E-state index is 0. The van der Waals surface area contributed by atoms with Crippen LogP contribution in [-0.4, -0.2) is 54.0 Å². The van der Waals surface area contributed by atoms with E-state index < -0.39 is 11.9 Å². The van der Waals surface area contributed by atoms with E-state index in [0.29, 0.717) is 11.0 Å². The molecule has 0 amide bonds. The summed E-state index contributed by atoms with van der Waals surface area (Å²) < 4.78 is 38.0. The number of piperazine rings is 1. The lowest BCUT2D eigenvalue weighted by molar-refractivity contribution is -0.140. The van der Waals surface area contributed by atoms with E-state index in [1.54, 1.807) is 7.05 Å². The fourth-order valence-corrected chi connectivity index (χ4v) is 3.94. The second-order valence-corrected chi connectivity index (χ2v) is 7.72. The van der Waals surface area contributed by atoms with Gasteiger partial charge in [0.15, 0.2) is 11.7 Å². The minimum Gasteiger partial charge on any atom is -0.350 e. The number of aromatic nitrogens is 1. The number of halogens is 4. The van der Waals surface area contributed by atoms with Gasteiger partial charge >= 0.3 is 6.18 Å². The van der Waals surface area contributed by atoms with Gasteiger partial charge in [0.2, 0.25) is 0 Å². The zero-order valence-electron chi connectivity index (χ0n) is 16.4. The third kappa shape index (κ3) is 6.82. The first-order valence-electron chi connectivity index (χ1n) is 9.10. The van der Waals surface area contributed by atoms with Crippen LogP contribution in [0.2, 0.25) is 0 Å². The topological polar surface area (TPSA) is 43.8 Å². The molecule has 0 unspecified atom stereocenters. The molecule has 5 nitrogen and oxygen atoms in total. The van der Waals surface area contributed by atoms with E-state index >= 15 is 0 Å². The fourth-order valence-electron chi connectivity index (χ4n) is 3.20. The third-order valence-electron chi connectivity index (χ3n) is 4.61. The second kappa shape index (κ2) is 10.6. The molecule has 2 aromatic rings. The van der Waals surface area contributed by atoms with Crippen LogP contribution in [0.1, 0.15) is 21.8 Å². The molecule has 29 heavy (non-hydrogen) atoms. The Morgan fingerprint density at radius 1 is 1.24 bits per heavy atom. The maximum Gasteiger partial charge on any atom is 0.434 e. The van der Waals surface area contributed by atoms with Crippen molar-refractivity contribution in [1.82, 2.24) is 20.1 Å². The van der Waals surface area contributed by atoms with Crippen molar-refractivity contribution in [2.45, 2.75) is 26.2 Å². The second-order valence-electron chi connectivity index (χ2n) is 6.78. The molecule has 0 saturated carbocycles. The number of benzene rings is 1. The van der Waals surface area contributed by atoms with Gasteiger partial charge in [-0.05, 0) is 12.5 Å². The van der Waals surface area contributed by atoms with Gasteiger partial charge in [0.1, 0.15) is 5.01 Å². The quantitative estimate of drug-likeness (QED) is 0.363. The maximum atomic E-state index is 12.7. The van der Waals surface area contributed by atoms with Crippen molar-refractivity contribution >= 4 is 41.3 Å². The van der Waals surface area contributed by atoms with Crippen molar-refractivity contribution in [3.8, 4) is 0 Å². The fraction of sp³-hybridized carbons (Fsp3) is 0.474. The number of aliphatic imine (C=N–C) groups is 1. The van der Waals surface area contributed by atoms with Gasteiger partial charge in [-0.15, -0.1) is 35.3 Å². The van der Waals surface area contributed by atoms with Crippen LogP contribution in [0.3, 0.4) is 0 Å². The Hall–Kier alpha value is -1.40. The minimum atomic E-state index is -4.40. The summed E-state index contributed by atoms with van der Waals surface area (Å²) in [6.07, 6.45) is -4.40. The molecule has 1 aromatic carbocycles. The first-order chi connectivity index (χ1) is 13.3. The molecule has 0 aliphatic carbocycles. The molecule has 0 bridgehead atoms. The standard InChI is InChI=1S/C19H24F3N5S.HI/c1-14-4-3-5-15(10-14)12-26-6-8-27(9-7-26)18(23-2)24-11-17-25-16(13-28-17)19(20,21)22;/h3-5,10,13H,6-9,11-12H2,1-2H3,(H,23,24);1H. The number of rotatable bonds is 4. The number of aryl methyl sites for hydroxylation is 1. The summed E-state index contributed by atoms with van der Waals surface area (Å²) in [6.45, 7) is 6.69. The molecule has 1 N–H and O–H groups in total. The van der Waals surface area contributed by atoms with Gasteiger partial charge in [0, 0.05) is 45.2 Å². The number of alkyl halides is 3. The van der Waals surface area contributed by atoms with Crippen molar-refractivity contribution in [3.05, 3.63) is 51.5 Å². The van der Waals surface area contributed by atoms with Crippen LogP contribution in [0, 0.1) is 6.92 Å². The molecule has 0 radical (unpaired) electrons. The van der Waals surface area contributed by atoms with Gasteiger partial charge in [0.05, 0.1) is 6.54 Å². The summed E-state index contributed by atoms with van der Waals surface area (Å²) in [5.41, 5.74) is 1.73. The van der Waals surface area contributed by atoms with Crippen molar-refractivity contribution < 1.29 is 13.2 Å². The summed E-state index contributed by atoms with van der Waals surface area (Å²) in [4.78, 5) is 12.4. The van der Waals surface area contributed by atoms with Crippen molar-refractivity contribution in [2.75, 3.05) is 33.2 Å². The third-order valence-corrected chi connectivity index (χ3v) is 5.46. The molecule has 1 saturated heterocycles. The molecule has 1 aliphatic rings. The van der Waals surface area contributed by atoms with Gasteiger partial charge in [-0.25, -0.2) is 4.98 Å². The zero-order valence-corrected chi connectivity index (χ0v) is 19.5. The van der Waals surface area contributed by atoms with E-state index in [0.717, 1.165) is 49.4 Å². The lowest BCUT2D eigenvalue weighted by Crippen LogP contribution is -2.52. The van der Waals surface area contributed by atoms with Gasteiger partial charge < -0.3 is 10.2 Å². The molecule has 2 heterocycles. The lowest BCUT2D eigenvalue weighted by Gasteiger charge is -2.36. The highest BCUT2D eigenvalue weighted by Crippen LogP contribution is 2.29. The summed E-state index contributed by atoms with van der Waals surface area (Å²) in [5, 5.41) is 4.57. The normalized spacial score (nSPS) is 15.9. The maximum absolute atomic E-state index is 12.7. The highest BCUT2D eigenvalue weighted by atomic mass is 127. The van der Waals surface area contributed by atoms with Crippen LogP contribution >= 0.6 is 35.3 Å². The van der Waals surface area contributed by atoms with Crippen molar-refractivity contribution in [2.24, 2.45) is 4.99 Å². The SMILES string of the molecule is CN=C(NCc1nc(C(F)(F)F)cs1)N1CCN(Cc2cccc(C)c2)CC1.I. The van der Waals surface area contributed by atoms with Crippen LogP contribution in [0.4, 0.5) is 13.2 Å². The Bertz CT molecular complexity index is 816. The first kappa shape index (κ1) is 23.9. The van der Waals surface area contributed by atoms with Gasteiger partial charge in [-0.3, -0.25) is 9.89 Å². The molecule has 0 atom stereocenters. The van der Waals surface area contributed by atoms with Crippen LogP contribution < -0.4 is 5.32 Å². The first-order valence-corrected chi connectivity index (χ1v) is 9.98. The van der Waals surface area contributed by atoms with Crippen LogP contribution in [0.15, 0.2) is 34.6 Å². The van der Waals surface area contributed by atoms with E-state index in [9.17, 15) is 13.2 Å². The molecule has 1 aliphatic heterocycles. The van der Waals surface area contributed by atoms with E-state index in [1.807, 2.05) is 0 Å². The summed E-state index contributed by atoms with van der Waals surface area (Å²) in [6, 6.07) is 8.52. The molecular weight excluding hydrogens is 514 g/mol. The smallest absolute Gasteiger partial charge is 0.350 e. The highest BCUT2D eigenvalue weighted by Gasteiger charge is 2.33. The average molecular weight is 539 g/mol. The number of nitrogens with one attached hydrogen (secondary N) is 1. The number of hydrogen-bond acceptors (Lipinski definition) is 4.